The third kappa shape index (κ3) is 5.78. The maximum Gasteiger partial charge on any atom is 0.265 e. The van der Waals surface area contributed by atoms with Crippen LogP contribution in [0.2, 0.25) is 0 Å². The van der Waals surface area contributed by atoms with E-state index < -0.39 is 21.3 Å². The lowest BCUT2D eigenvalue weighted by Crippen LogP contribution is -2.42. The highest BCUT2D eigenvalue weighted by molar-refractivity contribution is 7.85. The van der Waals surface area contributed by atoms with Crippen LogP contribution in [0.5, 0.6) is 0 Å². The summed E-state index contributed by atoms with van der Waals surface area (Å²) in [6, 6.07) is 0. The summed E-state index contributed by atoms with van der Waals surface area (Å²) >= 11 is 0. The van der Waals surface area contributed by atoms with Crippen LogP contribution >= 0.6 is 0 Å². The zero-order chi connectivity index (χ0) is 19.1. The van der Waals surface area contributed by atoms with Crippen molar-refractivity contribution in [2.45, 2.75) is 98.3 Å². The lowest BCUT2D eigenvalue weighted by Gasteiger charge is -2.35. The van der Waals surface area contributed by atoms with E-state index in [-0.39, 0.29) is 17.1 Å². The molecule has 2 aliphatic rings. The molecule has 0 saturated heterocycles. The van der Waals surface area contributed by atoms with E-state index in [2.05, 4.69) is 13.8 Å². The third-order valence-corrected chi connectivity index (χ3v) is 7.38. The van der Waals surface area contributed by atoms with Crippen molar-refractivity contribution in [1.29, 1.82) is 0 Å². The standard InChI is InChI=1S/C10H16O4S.C10H22/c1-9(2)7-3-4-10(9,8(11)5-7)6-15(12,13)14;1-3-5-7-9-10-8-6-4-2/h7H,3-6H2,1-2H3,(H,12,13,14);3-10H2,1-2H3. The predicted molar refractivity (Wildman–Crippen MR) is 103 cm³/mol. The fraction of sp³-hybridized carbons (Fsp3) is 0.950. The molecule has 2 fully saturated rings. The summed E-state index contributed by atoms with van der Waals surface area (Å²) in [5.41, 5.74) is -1.12. The van der Waals surface area contributed by atoms with Crippen LogP contribution in [0.25, 0.3) is 0 Å². The Kier molecular flexibility index (Phi) is 8.59. The van der Waals surface area contributed by atoms with E-state index in [0.29, 0.717) is 12.8 Å². The smallest absolute Gasteiger partial charge is 0.265 e. The Morgan fingerprint density at radius 2 is 1.48 bits per heavy atom. The molecule has 2 aliphatic carbocycles. The van der Waals surface area contributed by atoms with Gasteiger partial charge in [0.15, 0.2) is 0 Å². The van der Waals surface area contributed by atoms with E-state index in [1.165, 1.54) is 51.4 Å². The molecule has 0 aromatic heterocycles. The Bertz CT molecular complexity index is 516. The Labute approximate surface area is 154 Å². The number of hydrogen-bond acceptors (Lipinski definition) is 3. The van der Waals surface area contributed by atoms with Crippen LogP contribution in [0.1, 0.15) is 98.3 Å². The van der Waals surface area contributed by atoms with Gasteiger partial charge >= 0.3 is 0 Å². The van der Waals surface area contributed by atoms with Crippen LogP contribution in [0.15, 0.2) is 0 Å². The lowest BCUT2D eigenvalue weighted by molar-refractivity contribution is -0.128. The molecule has 25 heavy (non-hydrogen) atoms. The van der Waals surface area contributed by atoms with E-state index in [1.54, 1.807) is 0 Å². The second kappa shape index (κ2) is 9.50. The molecular weight excluding hydrogens is 336 g/mol. The molecule has 0 amide bonds. The van der Waals surface area contributed by atoms with E-state index in [0.717, 1.165) is 6.42 Å². The number of carbonyl (C=O) groups excluding carboxylic acids is 1. The minimum Gasteiger partial charge on any atom is -0.299 e. The van der Waals surface area contributed by atoms with Crippen molar-refractivity contribution in [2.75, 3.05) is 5.75 Å². The summed E-state index contributed by atoms with van der Waals surface area (Å²) in [4.78, 5) is 11.9. The zero-order valence-electron chi connectivity index (χ0n) is 16.6. The number of hydrogen-bond donors (Lipinski definition) is 1. The molecule has 0 aromatic rings. The molecule has 0 aliphatic heterocycles. The molecule has 2 unspecified atom stereocenters. The first kappa shape index (κ1) is 22.6. The van der Waals surface area contributed by atoms with Gasteiger partial charge in [-0.1, -0.05) is 79.1 Å². The summed E-state index contributed by atoms with van der Waals surface area (Å²) < 4.78 is 31.0. The lowest BCUT2D eigenvalue weighted by atomic mass is 9.70. The highest BCUT2D eigenvalue weighted by Gasteiger charge is 2.65. The molecule has 2 saturated carbocycles. The SMILES string of the molecule is CC1(C)C2CCC1(CS(=O)(=O)O)C(=O)C2.CCCCCCCCCC. The van der Waals surface area contributed by atoms with Gasteiger partial charge in [0, 0.05) is 6.42 Å². The average Bonchev–Trinajstić information content (AvgIpc) is 2.84. The number of fused-ring (bicyclic) bond motifs is 2. The van der Waals surface area contributed by atoms with E-state index in [9.17, 15) is 13.2 Å². The minimum absolute atomic E-state index is 0.0152. The highest BCUT2D eigenvalue weighted by atomic mass is 32.2. The van der Waals surface area contributed by atoms with Crippen LogP contribution in [0.3, 0.4) is 0 Å². The second-order valence-electron chi connectivity index (χ2n) is 8.51. The topological polar surface area (TPSA) is 71.4 Å². The summed E-state index contributed by atoms with van der Waals surface area (Å²) in [5.74, 6) is -0.101. The molecule has 148 valence electrons. The van der Waals surface area contributed by atoms with Gasteiger partial charge in [0.05, 0.1) is 11.2 Å². The summed E-state index contributed by atoms with van der Waals surface area (Å²) in [6.45, 7) is 8.43. The van der Waals surface area contributed by atoms with Crippen molar-refractivity contribution in [3.05, 3.63) is 0 Å². The Morgan fingerprint density at radius 3 is 1.80 bits per heavy atom. The fourth-order valence-electron chi connectivity index (χ4n) is 4.63. The van der Waals surface area contributed by atoms with Gasteiger partial charge < -0.3 is 0 Å². The number of unbranched alkanes of at least 4 members (excludes halogenated alkanes) is 7. The van der Waals surface area contributed by atoms with Gasteiger partial charge in [-0.2, -0.15) is 8.42 Å². The van der Waals surface area contributed by atoms with E-state index in [4.69, 9.17) is 4.55 Å². The van der Waals surface area contributed by atoms with Gasteiger partial charge in [0.25, 0.3) is 10.1 Å². The van der Waals surface area contributed by atoms with Crippen LogP contribution in [-0.4, -0.2) is 24.5 Å². The minimum atomic E-state index is -4.08. The first-order chi connectivity index (χ1) is 11.6. The van der Waals surface area contributed by atoms with Gasteiger partial charge in [-0.25, -0.2) is 0 Å². The van der Waals surface area contributed by atoms with Gasteiger partial charge in [0.1, 0.15) is 5.78 Å². The molecule has 2 bridgehead atoms. The Morgan fingerprint density at radius 1 is 1.00 bits per heavy atom. The first-order valence-electron chi connectivity index (χ1n) is 10.1. The Balaban J connectivity index is 0.000000275. The first-order valence-corrected chi connectivity index (χ1v) is 11.7. The summed E-state index contributed by atoms with van der Waals surface area (Å²) in [7, 11) is -4.08. The molecule has 2 atom stereocenters. The van der Waals surface area contributed by atoms with E-state index >= 15 is 0 Å². The van der Waals surface area contributed by atoms with Crippen LogP contribution in [-0.2, 0) is 14.9 Å². The molecule has 0 aromatic carbocycles. The maximum absolute atomic E-state index is 11.9. The quantitative estimate of drug-likeness (QED) is 0.432. The highest BCUT2D eigenvalue weighted by Crippen LogP contribution is 2.64. The maximum atomic E-state index is 11.9. The number of rotatable bonds is 9. The van der Waals surface area contributed by atoms with Crippen molar-refractivity contribution in [2.24, 2.45) is 16.7 Å². The molecule has 0 radical (unpaired) electrons. The summed E-state index contributed by atoms with van der Waals surface area (Å²) in [6.07, 6.45) is 13.4. The molecule has 0 heterocycles. The number of carbonyl (C=O) groups is 1. The Hall–Kier alpha value is -0.420. The van der Waals surface area contributed by atoms with Gasteiger partial charge in [0.2, 0.25) is 0 Å². The normalized spacial score (nSPS) is 27.2. The van der Waals surface area contributed by atoms with Crippen molar-refractivity contribution in [3.63, 3.8) is 0 Å². The monoisotopic (exact) mass is 374 g/mol. The van der Waals surface area contributed by atoms with Crippen LogP contribution in [0, 0.1) is 16.7 Å². The zero-order valence-corrected chi connectivity index (χ0v) is 17.5. The predicted octanol–water partition coefficient (Wildman–Crippen LogP) is 5.42. The third-order valence-electron chi connectivity index (χ3n) is 6.53. The molecular formula is C20H38O4S. The van der Waals surface area contributed by atoms with Crippen molar-refractivity contribution < 1.29 is 17.8 Å². The van der Waals surface area contributed by atoms with Gasteiger partial charge in [-0.3, -0.25) is 9.35 Å². The van der Waals surface area contributed by atoms with Crippen LogP contribution in [0.4, 0.5) is 0 Å². The van der Waals surface area contributed by atoms with Crippen molar-refractivity contribution in [3.8, 4) is 0 Å². The van der Waals surface area contributed by atoms with Gasteiger partial charge in [-0.05, 0) is 24.2 Å². The summed E-state index contributed by atoms with van der Waals surface area (Å²) in [5, 5.41) is 0. The fourth-order valence-corrected chi connectivity index (χ4v) is 5.93. The second-order valence-corrected chi connectivity index (χ2v) is 9.97. The number of Topliss-reactive ketones (excluding diaryl/α,β-unsaturated/α-hetero) is 1. The van der Waals surface area contributed by atoms with Crippen molar-refractivity contribution in [1.82, 2.24) is 0 Å². The van der Waals surface area contributed by atoms with Gasteiger partial charge in [-0.15, -0.1) is 0 Å². The largest absolute Gasteiger partial charge is 0.299 e. The number of ketones is 1. The van der Waals surface area contributed by atoms with Crippen molar-refractivity contribution >= 4 is 15.9 Å². The average molecular weight is 375 g/mol. The molecule has 1 N–H and O–H groups in total. The molecule has 5 heteroatoms. The molecule has 4 nitrogen and oxygen atoms in total. The van der Waals surface area contributed by atoms with E-state index in [1.807, 2.05) is 13.8 Å². The van der Waals surface area contributed by atoms with Crippen LogP contribution < -0.4 is 0 Å². The molecule has 0 spiro atoms. The molecule has 2 rings (SSSR count).